The highest BCUT2D eigenvalue weighted by molar-refractivity contribution is 6.32. The topological polar surface area (TPSA) is 29.5 Å². The molecule has 0 saturated carbocycles. The maximum atomic E-state index is 12.3. The van der Waals surface area contributed by atoms with Crippen molar-refractivity contribution in [1.29, 1.82) is 0 Å². The number of benzene rings is 2. The molecule has 112 valence electrons. The summed E-state index contributed by atoms with van der Waals surface area (Å²) in [5, 5.41) is 0.519. The molecular formula is C18H16ClNO2. The fourth-order valence-electron chi connectivity index (χ4n) is 3.51. The Labute approximate surface area is 134 Å². The summed E-state index contributed by atoms with van der Waals surface area (Å²) in [5.41, 5.74) is 2.33. The van der Waals surface area contributed by atoms with E-state index in [-0.39, 0.29) is 17.8 Å². The van der Waals surface area contributed by atoms with Gasteiger partial charge in [0.1, 0.15) is 0 Å². The van der Waals surface area contributed by atoms with E-state index in [4.69, 9.17) is 16.3 Å². The first-order valence-electron chi connectivity index (χ1n) is 7.49. The van der Waals surface area contributed by atoms with Gasteiger partial charge in [-0.3, -0.25) is 9.69 Å². The van der Waals surface area contributed by atoms with Gasteiger partial charge in [0, 0.05) is 31.1 Å². The predicted octanol–water partition coefficient (Wildman–Crippen LogP) is 3.47. The Hall–Kier alpha value is -1.84. The van der Waals surface area contributed by atoms with Crippen molar-refractivity contribution in [3.05, 3.63) is 64.7 Å². The van der Waals surface area contributed by atoms with Gasteiger partial charge in [0.05, 0.1) is 10.9 Å². The minimum atomic E-state index is -0.152. The van der Waals surface area contributed by atoms with Gasteiger partial charge < -0.3 is 4.74 Å². The molecule has 2 aromatic rings. The van der Waals surface area contributed by atoms with Crippen molar-refractivity contribution in [2.24, 2.45) is 5.92 Å². The molecule has 0 aliphatic carbocycles. The SMILES string of the molecule is O=C1Oc2c(Cl)cccc2[C@H]2CN(Cc3ccccc3)C[C@@H]12. The average Bonchev–Trinajstić information content (AvgIpc) is 2.94. The number of esters is 1. The summed E-state index contributed by atoms with van der Waals surface area (Å²) in [5.74, 6) is 0.492. The van der Waals surface area contributed by atoms with Crippen LogP contribution in [-0.2, 0) is 11.3 Å². The number of likely N-dealkylation sites (tertiary alicyclic amines) is 1. The molecule has 0 N–H and O–H groups in total. The second-order valence-electron chi connectivity index (χ2n) is 5.97. The second kappa shape index (κ2) is 5.41. The Morgan fingerprint density at radius 3 is 2.64 bits per heavy atom. The minimum Gasteiger partial charge on any atom is -0.424 e. The average molecular weight is 314 g/mol. The number of hydrogen-bond acceptors (Lipinski definition) is 3. The normalized spacial score (nSPS) is 23.8. The zero-order chi connectivity index (χ0) is 15.1. The molecule has 0 amide bonds. The Balaban J connectivity index is 1.61. The number of para-hydroxylation sites is 1. The summed E-state index contributed by atoms with van der Waals surface area (Å²) in [6, 6.07) is 16.1. The molecule has 0 aromatic heterocycles. The van der Waals surface area contributed by atoms with Gasteiger partial charge in [-0.05, 0) is 11.6 Å². The number of hydrogen-bond donors (Lipinski definition) is 0. The molecule has 0 unspecified atom stereocenters. The lowest BCUT2D eigenvalue weighted by Gasteiger charge is -2.26. The third-order valence-corrected chi connectivity index (χ3v) is 4.84. The molecule has 0 radical (unpaired) electrons. The summed E-state index contributed by atoms with van der Waals surface area (Å²) < 4.78 is 5.48. The molecular weight excluding hydrogens is 298 g/mol. The van der Waals surface area contributed by atoms with E-state index in [1.807, 2.05) is 30.3 Å². The molecule has 4 rings (SSSR count). The third-order valence-electron chi connectivity index (χ3n) is 4.55. The van der Waals surface area contributed by atoms with Crippen molar-refractivity contribution in [1.82, 2.24) is 4.90 Å². The van der Waals surface area contributed by atoms with Gasteiger partial charge in [0.15, 0.2) is 5.75 Å². The van der Waals surface area contributed by atoms with Crippen molar-refractivity contribution >= 4 is 17.6 Å². The molecule has 1 saturated heterocycles. The van der Waals surface area contributed by atoms with Crippen LogP contribution in [0.2, 0.25) is 5.02 Å². The van der Waals surface area contributed by atoms with E-state index in [9.17, 15) is 4.79 Å². The van der Waals surface area contributed by atoms with E-state index in [1.54, 1.807) is 6.07 Å². The number of rotatable bonds is 2. The fourth-order valence-corrected chi connectivity index (χ4v) is 3.73. The van der Waals surface area contributed by atoms with Crippen molar-refractivity contribution in [2.45, 2.75) is 12.5 Å². The standard InChI is InChI=1S/C18H16ClNO2/c19-16-8-4-7-13-14-10-20(9-12-5-2-1-3-6-12)11-15(14)18(21)22-17(13)16/h1-8,14-15H,9-11H2/t14-,15-/m1/s1. The number of carbonyl (C=O) groups is 1. The molecule has 1 fully saturated rings. The lowest BCUT2D eigenvalue weighted by Crippen LogP contribution is -2.31. The lowest BCUT2D eigenvalue weighted by molar-refractivity contribution is -0.140. The zero-order valence-electron chi connectivity index (χ0n) is 12.0. The summed E-state index contributed by atoms with van der Waals surface area (Å²) >= 11 is 6.17. The highest BCUT2D eigenvalue weighted by Crippen LogP contribution is 2.45. The predicted molar refractivity (Wildman–Crippen MR) is 85.0 cm³/mol. The monoisotopic (exact) mass is 313 g/mol. The molecule has 0 bridgehead atoms. The largest absolute Gasteiger partial charge is 0.424 e. The molecule has 2 aromatic carbocycles. The zero-order valence-corrected chi connectivity index (χ0v) is 12.8. The first-order valence-corrected chi connectivity index (χ1v) is 7.86. The quantitative estimate of drug-likeness (QED) is 0.628. The van der Waals surface area contributed by atoms with Gasteiger partial charge in [-0.15, -0.1) is 0 Å². The lowest BCUT2D eigenvalue weighted by atomic mass is 9.86. The van der Waals surface area contributed by atoms with Crippen LogP contribution in [0.25, 0.3) is 0 Å². The van der Waals surface area contributed by atoms with E-state index in [1.165, 1.54) is 5.56 Å². The number of fused-ring (bicyclic) bond motifs is 3. The van der Waals surface area contributed by atoms with Crippen LogP contribution in [-0.4, -0.2) is 24.0 Å². The van der Waals surface area contributed by atoms with Crippen molar-refractivity contribution in [3.63, 3.8) is 0 Å². The summed E-state index contributed by atoms with van der Waals surface area (Å²) in [4.78, 5) is 14.6. The van der Waals surface area contributed by atoms with E-state index in [2.05, 4.69) is 17.0 Å². The van der Waals surface area contributed by atoms with Crippen LogP contribution in [0, 0.1) is 5.92 Å². The number of carbonyl (C=O) groups excluding carboxylic acids is 1. The van der Waals surface area contributed by atoms with E-state index < -0.39 is 0 Å². The number of nitrogens with zero attached hydrogens (tertiary/aromatic N) is 1. The van der Waals surface area contributed by atoms with Crippen LogP contribution in [0.4, 0.5) is 0 Å². The number of halogens is 1. The van der Waals surface area contributed by atoms with Crippen molar-refractivity contribution < 1.29 is 9.53 Å². The molecule has 0 spiro atoms. The Morgan fingerprint density at radius 2 is 1.82 bits per heavy atom. The van der Waals surface area contributed by atoms with Crippen molar-refractivity contribution in [3.8, 4) is 5.75 Å². The Kier molecular flexibility index (Phi) is 3.40. The van der Waals surface area contributed by atoms with E-state index in [0.717, 1.165) is 25.2 Å². The van der Waals surface area contributed by atoms with Gasteiger partial charge >= 0.3 is 5.97 Å². The molecule has 2 aliphatic rings. The highest BCUT2D eigenvalue weighted by Gasteiger charge is 2.44. The molecule has 2 heterocycles. The number of ether oxygens (including phenoxy) is 1. The van der Waals surface area contributed by atoms with E-state index >= 15 is 0 Å². The summed E-state index contributed by atoms with van der Waals surface area (Å²) in [6.07, 6.45) is 0. The van der Waals surface area contributed by atoms with Crippen LogP contribution in [0.15, 0.2) is 48.5 Å². The maximum absolute atomic E-state index is 12.3. The van der Waals surface area contributed by atoms with Crippen LogP contribution in [0.1, 0.15) is 17.0 Å². The maximum Gasteiger partial charge on any atom is 0.316 e. The van der Waals surface area contributed by atoms with Crippen LogP contribution in [0.5, 0.6) is 5.75 Å². The molecule has 2 atom stereocenters. The van der Waals surface area contributed by atoms with E-state index in [0.29, 0.717) is 10.8 Å². The summed E-state index contributed by atoms with van der Waals surface area (Å²) in [7, 11) is 0. The molecule has 4 heteroatoms. The Morgan fingerprint density at radius 1 is 1.05 bits per heavy atom. The Bertz CT molecular complexity index is 716. The first kappa shape index (κ1) is 13.8. The second-order valence-corrected chi connectivity index (χ2v) is 6.38. The van der Waals surface area contributed by atoms with Gasteiger partial charge in [0.2, 0.25) is 0 Å². The van der Waals surface area contributed by atoms with Gasteiger partial charge in [0.25, 0.3) is 0 Å². The fraction of sp³-hybridized carbons (Fsp3) is 0.278. The third kappa shape index (κ3) is 2.31. The van der Waals surface area contributed by atoms with Gasteiger partial charge in [-0.2, -0.15) is 0 Å². The molecule has 22 heavy (non-hydrogen) atoms. The molecule has 2 aliphatic heterocycles. The van der Waals surface area contributed by atoms with Crippen LogP contribution in [0.3, 0.4) is 0 Å². The smallest absolute Gasteiger partial charge is 0.316 e. The van der Waals surface area contributed by atoms with Crippen LogP contribution >= 0.6 is 11.6 Å². The van der Waals surface area contributed by atoms with Crippen LogP contribution < -0.4 is 4.74 Å². The highest BCUT2D eigenvalue weighted by atomic mass is 35.5. The summed E-state index contributed by atoms with van der Waals surface area (Å²) in [6.45, 7) is 2.46. The van der Waals surface area contributed by atoms with Gasteiger partial charge in [-0.1, -0.05) is 54.1 Å². The van der Waals surface area contributed by atoms with Crippen molar-refractivity contribution in [2.75, 3.05) is 13.1 Å². The molecule has 3 nitrogen and oxygen atoms in total. The van der Waals surface area contributed by atoms with Gasteiger partial charge in [-0.25, -0.2) is 0 Å². The minimum absolute atomic E-state index is 0.0883. The first-order chi connectivity index (χ1) is 10.7.